The molecule has 2 aromatic carbocycles. The Kier molecular flexibility index (Phi) is 5.65. The fourth-order valence-corrected chi connectivity index (χ4v) is 4.26. The molecule has 1 aliphatic heterocycles. The van der Waals surface area contributed by atoms with Crippen LogP contribution in [0, 0.1) is 5.82 Å². The fraction of sp³-hybridized carbons (Fsp3) is 0.174. The molecule has 0 aliphatic carbocycles. The van der Waals surface area contributed by atoms with Gasteiger partial charge in [-0.15, -0.1) is 0 Å². The monoisotopic (exact) mass is 437 g/mol. The van der Waals surface area contributed by atoms with Crippen LogP contribution in [-0.2, 0) is 9.59 Å². The molecule has 1 aliphatic rings. The molecule has 1 N–H and O–H groups in total. The third kappa shape index (κ3) is 4.25. The van der Waals surface area contributed by atoms with E-state index in [9.17, 15) is 18.8 Å². The minimum atomic E-state index is -0.536. The second kappa shape index (κ2) is 8.39. The van der Waals surface area contributed by atoms with Crippen molar-refractivity contribution < 1.29 is 18.8 Å². The Morgan fingerprint density at radius 1 is 1.13 bits per heavy atom. The molecule has 1 saturated heterocycles. The van der Waals surface area contributed by atoms with Crippen LogP contribution >= 0.6 is 11.8 Å². The number of imide groups is 1. The van der Waals surface area contributed by atoms with Gasteiger partial charge in [0.15, 0.2) is 0 Å². The van der Waals surface area contributed by atoms with Crippen LogP contribution in [0.5, 0.6) is 0 Å². The summed E-state index contributed by atoms with van der Waals surface area (Å²) < 4.78 is 15.1. The van der Waals surface area contributed by atoms with Crippen molar-refractivity contribution in [2.75, 3.05) is 11.9 Å². The first-order chi connectivity index (χ1) is 14.8. The molecule has 0 bridgehead atoms. The Hall–Kier alpha value is -3.39. The van der Waals surface area contributed by atoms with Crippen LogP contribution < -0.4 is 5.32 Å². The Morgan fingerprint density at radius 3 is 2.55 bits per heavy atom. The summed E-state index contributed by atoms with van der Waals surface area (Å²) in [6, 6.07) is 13.3. The molecule has 0 saturated carbocycles. The van der Waals surface area contributed by atoms with E-state index in [1.54, 1.807) is 6.08 Å². The molecule has 8 heteroatoms. The first kappa shape index (κ1) is 20.9. The molecule has 2 heterocycles. The minimum absolute atomic E-state index is 0.234. The summed E-state index contributed by atoms with van der Waals surface area (Å²) in [5.41, 5.74) is 2.27. The number of nitrogens with one attached hydrogen (secondary N) is 1. The number of aromatic nitrogens is 1. The molecule has 6 nitrogen and oxygen atoms in total. The zero-order chi connectivity index (χ0) is 22.1. The summed E-state index contributed by atoms with van der Waals surface area (Å²) in [5.74, 6) is -1.47. The standard InChI is InChI=1S/C23H20FN3O3S/c1-14(2)26-12-15(18-5-3-4-6-19(18)26)11-20-22(29)27(23(30)31-20)13-21(28)25-17-9-7-16(24)8-10-17/h3-12,14H,13H2,1-2H3,(H,25,28)/b20-11-. The van der Waals surface area contributed by atoms with Crippen LogP contribution in [0.15, 0.2) is 59.6 Å². The molecule has 1 aromatic heterocycles. The van der Waals surface area contributed by atoms with Gasteiger partial charge >= 0.3 is 0 Å². The van der Waals surface area contributed by atoms with Crippen LogP contribution in [0.3, 0.4) is 0 Å². The predicted octanol–water partition coefficient (Wildman–Crippen LogP) is 5.04. The molecular weight excluding hydrogens is 417 g/mol. The van der Waals surface area contributed by atoms with Gasteiger partial charge in [-0.1, -0.05) is 18.2 Å². The van der Waals surface area contributed by atoms with E-state index in [0.29, 0.717) is 5.69 Å². The molecule has 0 atom stereocenters. The highest BCUT2D eigenvalue weighted by molar-refractivity contribution is 8.18. The normalized spacial score (nSPS) is 15.5. The number of benzene rings is 2. The molecular formula is C23H20FN3O3S. The maximum Gasteiger partial charge on any atom is 0.294 e. The fourth-order valence-electron chi connectivity index (χ4n) is 3.43. The van der Waals surface area contributed by atoms with Crippen LogP contribution in [-0.4, -0.2) is 33.1 Å². The number of para-hydroxylation sites is 1. The second-order valence-electron chi connectivity index (χ2n) is 7.43. The summed E-state index contributed by atoms with van der Waals surface area (Å²) in [6.07, 6.45) is 3.66. The van der Waals surface area contributed by atoms with Gasteiger partial charge in [0.25, 0.3) is 11.1 Å². The zero-order valence-electron chi connectivity index (χ0n) is 17.0. The maximum absolute atomic E-state index is 13.0. The second-order valence-corrected chi connectivity index (χ2v) is 8.42. The summed E-state index contributed by atoms with van der Waals surface area (Å²) >= 11 is 0.813. The number of hydrogen-bond donors (Lipinski definition) is 1. The van der Waals surface area contributed by atoms with Crippen LogP contribution in [0.4, 0.5) is 14.9 Å². The topological polar surface area (TPSA) is 71.4 Å². The Bertz CT molecular complexity index is 1210. The Morgan fingerprint density at radius 2 is 1.84 bits per heavy atom. The smallest absolute Gasteiger partial charge is 0.294 e. The van der Waals surface area contributed by atoms with Crippen molar-refractivity contribution in [1.29, 1.82) is 0 Å². The van der Waals surface area contributed by atoms with Gasteiger partial charge in [-0.3, -0.25) is 19.3 Å². The van der Waals surface area contributed by atoms with E-state index in [-0.39, 0.29) is 10.9 Å². The molecule has 3 aromatic rings. The molecule has 0 unspecified atom stereocenters. The third-order valence-electron chi connectivity index (χ3n) is 4.92. The zero-order valence-corrected chi connectivity index (χ0v) is 17.8. The predicted molar refractivity (Wildman–Crippen MR) is 120 cm³/mol. The largest absolute Gasteiger partial charge is 0.344 e. The van der Waals surface area contributed by atoms with Crippen molar-refractivity contribution in [3.05, 3.63) is 71.0 Å². The molecule has 3 amide bonds. The van der Waals surface area contributed by atoms with Crippen LogP contribution in [0.2, 0.25) is 0 Å². The summed E-state index contributed by atoms with van der Waals surface area (Å²) in [5, 5.41) is 3.04. The van der Waals surface area contributed by atoms with Crippen molar-refractivity contribution in [2.45, 2.75) is 19.9 Å². The molecule has 4 rings (SSSR count). The number of thioether (sulfide) groups is 1. The number of carbonyl (C=O) groups is 3. The number of hydrogen-bond acceptors (Lipinski definition) is 4. The average molecular weight is 437 g/mol. The van der Waals surface area contributed by atoms with Crippen molar-refractivity contribution in [1.82, 2.24) is 9.47 Å². The molecule has 31 heavy (non-hydrogen) atoms. The summed E-state index contributed by atoms with van der Waals surface area (Å²) in [7, 11) is 0. The van der Waals surface area contributed by atoms with Gasteiger partial charge in [0.2, 0.25) is 5.91 Å². The van der Waals surface area contributed by atoms with Gasteiger partial charge in [-0.25, -0.2) is 4.39 Å². The van der Waals surface area contributed by atoms with Gasteiger partial charge < -0.3 is 9.88 Å². The van der Waals surface area contributed by atoms with E-state index in [4.69, 9.17) is 0 Å². The van der Waals surface area contributed by atoms with Gasteiger partial charge in [0.05, 0.1) is 4.91 Å². The van der Waals surface area contributed by atoms with Crippen molar-refractivity contribution >= 4 is 51.5 Å². The van der Waals surface area contributed by atoms with Crippen LogP contribution in [0.1, 0.15) is 25.5 Å². The molecule has 1 fully saturated rings. The van der Waals surface area contributed by atoms with Crippen molar-refractivity contribution in [3.8, 4) is 0 Å². The van der Waals surface area contributed by atoms with E-state index in [1.807, 2.05) is 30.5 Å². The first-order valence-corrected chi connectivity index (χ1v) is 10.6. The lowest BCUT2D eigenvalue weighted by molar-refractivity contribution is -0.127. The molecule has 158 valence electrons. The van der Waals surface area contributed by atoms with E-state index in [1.165, 1.54) is 24.3 Å². The van der Waals surface area contributed by atoms with Gasteiger partial charge in [0.1, 0.15) is 12.4 Å². The van der Waals surface area contributed by atoms with Crippen molar-refractivity contribution in [3.63, 3.8) is 0 Å². The number of nitrogens with zero attached hydrogens (tertiary/aromatic N) is 2. The van der Waals surface area contributed by atoms with E-state index in [2.05, 4.69) is 23.7 Å². The third-order valence-corrected chi connectivity index (χ3v) is 5.83. The Balaban J connectivity index is 1.54. The maximum atomic E-state index is 13.0. The SMILES string of the molecule is CC(C)n1cc(/C=C2\SC(=O)N(CC(=O)Nc3ccc(F)cc3)C2=O)c2ccccc21. The van der Waals surface area contributed by atoms with E-state index in [0.717, 1.165) is 33.1 Å². The van der Waals surface area contributed by atoms with Crippen molar-refractivity contribution in [2.24, 2.45) is 0 Å². The van der Waals surface area contributed by atoms with Gasteiger partial charge in [-0.2, -0.15) is 0 Å². The van der Waals surface area contributed by atoms with E-state index >= 15 is 0 Å². The van der Waals surface area contributed by atoms with Gasteiger partial charge in [0, 0.05) is 34.4 Å². The molecule has 0 radical (unpaired) electrons. The number of anilines is 1. The number of amides is 3. The lowest BCUT2D eigenvalue weighted by Crippen LogP contribution is -2.36. The highest BCUT2D eigenvalue weighted by Gasteiger charge is 2.36. The highest BCUT2D eigenvalue weighted by atomic mass is 32.2. The lowest BCUT2D eigenvalue weighted by Gasteiger charge is -2.12. The quantitative estimate of drug-likeness (QED) is 0.568. The van der Waals surface area contributed by atoms with Crippen LogP contribution in [0.25, 0.3) is 17.0 Å². The van der Waals surface area contributed by atoms with Gasteiger partial charge in [-0.05, 0) is 62.0 Å². The molecule has 0 spiro atoms. The Labute approximate surface area is 182 Å². The summed E-state index contributed by atoms with van der Waals surface area (Å²) in [6.45, 7) is 3.74. The number of rotatable bonds is 5. The highest BCUT2D eigenvalue weighted by Crippen LogP contribution is 2.34. The average Bonchev–Trinajstić information content (AvgIpc) is 3.23. The minimum Gasteiger partial charge on any atom is -0.344 e. The number of carbonyl (C=O) groups excluding carboxylic acids is 3. The number of fused-ring (bicyclic) bond motifs is 1. The lowest BCUT2D eigenvalue weighted by atomic mass is 10.1. The van der Waals surface area contributed by atoms with E-state index < -0.39 is 29.4 Å². The summed E-state index contributed by atoms with van der Waals surface area (Å²) in [4.78, 5) is 38.7. The first-order valence-electron chi connectivity index (χ1n) is 9.74. The number of halogens is 1.